The van der Waals surface area contributed by atoms with Crippen molar-refractivity contribution in [2.24, 2.45) is 0 Å². The Balaban J connectivity index is 2.15. The number of rotatable bonds is 5. The van der Waals surface area contributed by atoms with Gasteiger partial charge < -0.3 is 10.1 Å². The van der Waals surface area contributed by atoms with Gasteiger partial charge in [-0.15, -0.1) is 0 Å². The average Bonchev–Trinajstić information content (AvgIpc) is 2.54. The maximum atomic E-state index is 12.3. The van der Waals surface area contributed by atoms with E-state index in [0.717, 1.165) is 9.13 Å². The number of carbonyl (C=O) groups excluding carboxylic acids is 1. The summed E-state index contributed by atoms with van der Waals surface area (Å²) in [4.78, 5) is 12.3. The van der Waals surface area contributed by atoms with Crippen molar-refractivity contribution in [1.82, 2.24) is 0 Å². The molecule has 24 heavy (non-hydrogen) atoms. The summed E-state index contributed by atoms with van der Waals surface area (Å²) in [5.74, 6) is 0.223. The van der Waals surface area contributed by atoms with Gasteiger partial charge in [-0.2, -0.15) is 5.26 Å². The second-order valence-electron chi connectivity index (χ2n) is 5.37. The van der Waals surface area contributed by atoms with E-state index in [1.165, 1.54) is 0 Å². The molecule has 2 aromatic carbocycles. The molecule has 0 saturated carbocycles. The van der Waals surface area contributed by atoms with Crippen molar-refractivity contribution < 1.29 is 9.53 Å². The highest BCUT2D eigenvalue weighted by atomic mass is 127. The third kappa shape index (κ3) is 5.39. The first-order chi connectivity index (χ1) is 11.5. The van der Waals surface area contributed by atoms with E-state index in [-0.39, 0.29) is 11.7 Å². The molecule has 0 saturated heterocycles. The van der Waals surface area contributed by atoms with Crippen molar-refractivity contribution in [2.75, 3.05) is 5.32 Å². The summed E-state index contributed by atoms with van der Waals surface area (Å²) in [7, 11) is 0. The number of benzene rings is 2. The fraction of sp³-hybridized carbons (Fsp3) is 0.158. The van der Waals surface area contributed by atoms with Crippen molar-refractivity contribution in [3.05, 3.63) is 63.2 Å². The van der Waals surface area contributed by atoms with Crippen molar-refractivity contribution >= 4 is 40.3 Å². The van der Waals surface area contributed by atoms with Crippen molar-refractivity contribution in [2.45, 2.75) is 20.0 Å². The van der Waals surface area contributed by atoms with Gasteiger partial charge in [0.2, 0.25) is 0 Å². The van der Waals surface area contributed by atoms with Gasteiger partial charge in [-0.1, -0.05) is 18.2 Å². The molecule has 4 nitrogen and oxygen atoms in total. The second-order valence-corrected chi connectivity index (χ2v) is 6.62. The van der Waals surface area contributed by atoms with Crippen LogP contribution in [0.15, 0.2) is 54.1 Å². The van der Waals surface area contributed by atoms with Crippen molar-refractivity contribution in [3.8, 4) is 11.8 Å². The first-order valence-electron chi connectivity index (χ1n) is 7.43. The molecule has 5 heteroatoms. The predicted molar refractivity (Wildman–Crippen MR) is 104 cm³/mol. The van der Waals surface area contributed by atoms with Crippen molar-refractivity contribution in [3.63, 3.8) is 0 Å². The number of ether oxygens (including phenoxy) is 1. The van der Waals surface area contributed by atoms with Gasteiger partial charge >= 0.3 is 0 Å². The lowest BCUT2D eigenvalue weighted by Crippen LogP contribution is -2.13. The molecule has 0 atom stereocenters. The van der Waals surface area contributed by atoms with E-state index in [4.69, 9.17) is 4.74 Å². The second kappa shape index (κ2) is 8.50. The van der Waals surface area contributed by atoms with Gasteiger partial charge in [0, 0.05) is 15.3 Å². The molecule has 0 aromatic heterocycles. The molecule has 2 aromatic rings. The highest BCUT2D eigenvalue weighted by Crippen LogP contribution is 2.19. The van der Waals surface area contributed by atoms with Crippen LogP contribution in [-0.2, 0) is 4.79 Å². The summed E-state index contributed by atoms with van der Waals surface area (Å²) in [6.45, 7) is 3.87. The van der Waals surface area contributed by atoms with Gasteiger partial charge in [0.1, 0.15) is 17.4 Å². The van der Waals surface area contributed by atoms with Crippen LogP contribution in [0, 0.1) is 14.9 Å². The third-order valence-electron chi connectivity index (χ3n) is 3.01. The zero-order chi connectivity index (χ0) is 17.5. The number of amides is 1. The largest absolute Gasteiger partial charge is 0.491 e. The first kappa shape index (κ1) is 18.0. The summed E-state index contributed by atoms with van der Waals surface area (Å²) in [5.41, 5.74) is 1.44. The lowest BCUT2D eigenvalue weighted by Gasteiger charge is -2.11. The Morgan fingerprint density at radius 3 is 2.58 bits per heavy atom. The van der Waals surface area contributed by atoms with E-state index in [1.54, 1.807) is 24.3 Å². The summed E-state index contributed by atoms with van der Waals surface area (Å²) in [5, 5.41) is 12.0. The van der Waals surface area contributed by atoms with Gasteiger partial charge in [0.25, 0.3) is 5.91 Å². The number of carbonyl (C=O) groups is 1. The van der Waals surface area contributed by atoms with E-state index in [9.17, 15) is 10.1 Å². The maximum Gasteiger partial charge on any atom is 0.266 e. The Morgan fingerprint density at radius 1 is 1.25 bits per heavy atom. The zero-order valence-electron chi connectivity index (χ0n) is 13.4. The van der Waals surface area contributed by atoms with Crippen LogP contribution in [-0.4, -0.2) is 12.0 Å². The van der Waals surface area contributed by atoms with E-state index in [2.05, 4.69) is 27.9 Å². The predicted octanol–water partition coefficient (Wildman–Crippen LogP) is 4.62. The minimum absolute atomic E-state index is 0.0476. The van der Waals surface area contributed by atoms with Crippen LogP contribution >= 0.6 is 22.6 Å². The van der Waals surface area contributed by atoms with Gasteiger partial charge in [0.05, 0.1) is 6.10 Å². The molecule has 0 radical (unpaired) electrons. The van der Waals surface area contributed by atoms with Gasteiger partial charge in [-0.05, 0) is 72.3 Å². The van der Waals surface area contributed by atoms with Crippen LogP contribution in [0.5, 0.6) is 5.75 Å². The number of nitrogens with one attached hydrogen (secondary N) is 1. The minimum Gasteiger partial charge on any atom is -0.491 e. The summed E-state index contributed by atoms with van der Waals surface area (Å²) in [6.07, 6.45) is 1.62. The SMILES string of the molecule is CC(C)Oc1cccc(NC(=O)/C(C#N)=C\c2ccc(I)cc2)c1. The monoisotopic (exact) mass is 432 g/mol. The smallest absolute Gasteiger partial charge is 0.266 e. The molecule has 0 aliphatic carbocycles. The molecule has 0 spiro atoms. The molecular weight excluding hydrogens is 415 g/mol. The zero-order valence-corrected chi connectivity index (χ0v) is 15.6. The Kier molecular flexibility index (Phi) is 6.38. The molecular formula is C19H17IN2O2. The van der Waals surface area contributed by atoms with Crippen LogP contribution < -0.4 is 10.1 Å². The van der Waals surface area contributed by atoms with E-state index in [0.29, 0.717) is 11.4 Å². The number of halogens is 1. The standard InChI is InChI=1S/C19H17IN2O2/c1-13(2)24-18-5-3-4-17(11-18)22-19(23)15(12-21)10-14-6-8-16(20)9-7-14/h3-11,13H,1-2H3,(H,22,23)/b15-10-. The average molecular weight is 432 g/mol. The molecule has 0 bridgehead atoms. The lowest BCUT2D eigenvalue weighted by atomic mass is 10.1. The Bertz CT molecular complexity index is 790. The fourth-order valence-corrected chi connectivity index (χ4v) is 2.35. The summed E-state index contributed by atoms with van der Waals surface area (Å²) >= 11 is 2.20. The molecule has 0 fully saturated rings. The Hall–Kier alpha value is -2.33. The number of hydrogen-bond acceptors (Lipinski definition) is 3. The highest BCUT2D eigenvalue weighted by Gasteiger charge is 2.10. The molecule has 122 valence electrons. The van der Waals surface area contributed by atoms with E-state index >= 15 is 0 Å². The Labute approximate surface area is 155 Å². The van der Waals surface area contributed by atoms with Crippen LogP contribution in [0.4, 0.5) is 5.69 Å². The number of hydrogen-bond donors (Lipinski definition) is 1. The van der Waals surface area contributed by atoms with E-state index in [1.807, 2.05) is 50.2 Å². The van der Waals surface area contributed by atoms with Gasteiger partial charge in [0.15, 0.2) is 0 Å². The maximum absolute atomic E-state index is 12.3. The molecule has 0 unspecified atom stereocenters. The highest BCUT2D eigenvalue weighted by molar-refractivity contribution is 14.1. The van der Waals surface area contributed by atoms with Gasteiger partial charge in [-0.25, -0.2) is 0 Å². The molecule has 1 amide bonds. The lowest BCUT2D eigenvalue weighted by molar-refractivity contribution is -0.112. The molecule has 1 N–H and O–H groups in total. The van der Waals surface area contributed by atoms with Crippen molar-refractivity contribution in [1.29, 1.82) is 5.26 Å². The quantitative estimate of drug-likeness (QED) is 0.426. The van der Waals surface area contributed by atoms with Gasteiger partial charge in [-0.3, -0.25) is 4.79 Å². The molecule has 0 aliphatic rings. The van der Waals surface area contributed by atoms with Crippen LogP contribution in [0.2, 0.25) is 0 Å². The minimum atomic E-state index is -0.447. The molecule has 0 heterocycles. The van der Waals surface area contributed by atoms with Crippen LogP contribution in [0.1, 0.15) is 19.4 Å². The topological polar surface area (TPSA) is 62.1 Å². The summed E-state index contributed by atoms with van der Waals surface area (Å²) < 4.78 is 6.69. The van der Waals surface area contributed by atoms with E-state index < -0.39 is 5.91 Å². The molecule has 0 aliphatic heterocycles. The molecule has 2 rings (SSSR count). The number of nitriles is 1. The normalized spacial score (nSPS) is 11.0. The first-order valence-corrected chi connectivity index (χ1v) is 8.51. The third-order valence-corrected chi connectivity index (χ3v) is 3.73. The number of anilines is 1. The summed E-state index contributed by atoms with van der Waals surface area (Å²) in [6, 6.07) is 16.6. The number of nitrogens with zero attached hydrogens (tertiary/aromatic N) is 1. The Morgan fingerprint density at radius 2 is 1.96 bits per heavy atom. The fourth-order valence-electron chi connectivity index (χ4n) is 1.99. The van der Waals surface area contributed by atoms with Crippen LogP contribution in [0.3, 0.4) is 0 Å². The van der Waals surface area contributed by atoms with Crippen LogP contribution in [0.25, 0.3) is 6.08 Å².